The molecule has 3 aromatic rings. The van der Waals surface area contributed by atoms with Gasteiger partial charge in [-0.15, -0.1) is 0 Å². The summed E-state index contributed by atoms with van der Waals surface area (Å²) in [7, 11) is 0. The van der Waals surface area contributed by atoms with E-state index in [4.69, 9.17) is 9.84 Å². The molecule has 2 aromatic carbocycles. The van der Waals surface area contributed by atoms with Gasteiger partial charge in [0.2, 0.25) is 5.88 Å². The third-order valence-corrected chi connectivity index (χ3v) is 5.40. The molecule has 0 saturated heterocycles. The Morgan fingerprint density at radius 2 is 2.00 bits per heavy atom. The smallest absolute Gasteiger partial charge is 0.303 e. The van der Waals surface area contributed by atoms with Gasteiger partial charge in [0, 0.05) is 37.8 Å². The Balaban J connectivity index is 1.61. The number of benzene rings is 2. The van der Waals surface area contributed by atoms with Crippen molar-refractivity contribution in [3.63, 3.8) is 0 Å². The molecular weight excluding hydrogens is 421 g/mol. The van der Waals surface area contributed by atoms with E-state index in [2.05, 4.69) is 4.98 Å². The number of fused-ring (bicyclic) bond motifs is 1. The molecule has 1 N–H and O–H groups in total. The number of halogens is 3. The van der Waals surface area contributed by atoms with Gasteiger partial charge in [0.05, 0.1) is 11.3 Å². The zero-order valence-electron chi connectivity index (χ0n) is 17.1. The fraction of sp³-hybridized carbons (Fsp3) is 0.250. The molecule has 4 rings (SSSR count). The van der Waals surface area contributed by atoms with E-state index in [1.165, 1.54) is 12.3 Å². The second-order valence-electron chi connectivity index (χ2n) is 7.58. The molecule has 0 saturated carbocycles. The summed E-state index contributed by atoms with van der Waals surface area (Å²) < 4.78 is 47.7. The van der Waals surface area contributed by atoms with Crippen molar-refractivity contribution in [1.29, 1.82) is 0 Å². The molecular formula is C24H21F3N2O3. The van der Waals surface area contributed by atoms with E-state index in [0.29, 0.717) is 25.9 Å². The zero-order chi connectivity index (χ0) is 22.7. The number of aliphatic carboxylic acids is 1. The topological polar surface area (TPSA) is 62.7 Å². The molecule has 0 unspecified atom stereocenters. The van der Waals surface area contributed by atoms with Crippen molar-refractivity contribution in [3.8, 4) is 11.6 Å². The van der Waals surface area contributed by atoms with E-state index < -0.39 is 23.8 Å². The number of pyridine rings is 1. The van der Waals surface area contributed by atoms with E-state index in [0.717, 1.165) is 22.8 Å². The first-order valence-electron chi connectivity index (χ1n) is 10.2. The maximum atomic E-state index is 15.0. The van der Waals surface area contributed by atoms with Crippen LogP contribution in [-0.2, 0) is 24.2 Å². The van der Waals surface area contributed by atoms with E-state index in [9.17, 15) is 18.0 Å². The number of carbonyl (C=O) groups is 1. The predicted molar refractivity (Wildman–Crippen MR) is 113 cm³/mol. The van der Waals surface area contributed by atoms with E-state index in [1.807, 2.05) is 18.2 Å². The van der Waals surface area contributed by atoms with Gasteiger partial charge in [-0.1, -0.05) is 24.3 Å². The summed E-state index contributed by atoms with van der Waals surface area (Å²) in [6, 6.07) is 13.1. The Bertz CT molecular complexity index is 1120. The molecule has 1 aromatic heterocycles. The third-order valence-electron chi connectivity index (χ3n) is 5.40. The van der Waals surface area contributed by atoms with Crippen LogP contribution in [-0.4, -0.2) is 22.6 Å². The summed E-state index contributed by atoms with van der Waals surface area (Å²) in [4.78, 5) is 16.5. The Morgan fingerprint density at radius 3 is 2.72 bits per heavy atom. The van der Waals surface area contributed by atoms with Crippen LogP contribution in [0.3, 0.4) is 0 Å². The minimum Gasteiger partial charge on any atom is -0.481 e. The highest BCUT2D eigenvalue weighted by Crippen LogP contribution is 2.37. The summed E-state index contributed by atoms with van der Waals surface area (Å²) in [5.41, 5.74) is 2.26. The van der Waals surface area contributed by atoms with Crippen molar-refractivity contribution in [2.45, 2.75) is 32.2 Å². The molecule has 2 heterocycles. The molecule has 0 bridgehead atoms. The van der Waals surface area contributed by atoms with Gasteiger partial charge < -0.3 is 14.7 Å². The van der Waals surface area contributed by atoms with Gasteiger partial charge in [0.15, 0.2) is 5.82 Å². The number of aryl methyl sites for hydroxylation is 1. The number of ether oxygens (including phenoxy) is 1. The van der Waals surface area contributed by atoms with Crippen LogP contribution in [0.25, 0.3) is 0 Å². The van der Waals surface area contributed by atoms with Crippen LogP contribution in [0.15, 0.2) is 54.7 Å². The molecule has 0 atom stereocenters. The third kappa shape index (κ3) is 4.85. The summed E-state index contributed by atoms with van der Waals surface area (Å²) in [6.07, 6.45) is -0.401. The average Bonchev–Trinajstić information content (AvgIpc) is 2.78. The standard InChI is InChI=1S/C24H21F3N2O3/c25-23-19(24(26)27)12-18(32-21-3-1-2-9-28-21)13-20(23)29-10-8-16-11-15(5-7-22(30)31)4-6-17(16)14-29/h1-4,6,9,11-13,24H,5,7-8,10,14H2,(H,30,31). The highest BCUT2D eigenvalue weighted by molar-refractivity contribution is 5.67. The van der Waals surface area contributed by atoms with Gasteiger partial charge in [-0.3, -0.25) is 4.79 Å². The highest BCUT2D eigenvalue weighted by Gasteiger charge is 2.25. The van der Waals surface area contributed by atoms with Crippen LogP contribution < -0.4 is 9.64 Å². The first kappa shape index (κ1) is 21.7. The van der Waals surface area contributed by atoms with Crippen LogP contribution in [0.5, 0.6) is 11.6 Å². The molecule has 0 spiro atoms. The van der Waals surface area contributed by atoms with Crippen LogP contribution in [0.4, 0.5) is 18.9 Å². The normalized spacial score (nSPS) is 13.2. The second kappa shape index (κ2) is 9.30. The Kier molecular flexibility index (Phi) is 6.30. The fourth-order valence-corrected chi connectivity index (χ4v) is 3.80. The van der Waals surface area contributed by atoms with Gasteiger partial charge in [-0.25, -0.2) is 18.2 Å². The number of alkyl halides is 2. The molecule has 0 aliphatic carbocycles. The van der Waals surface area contributed by atoms with Crippen LogP contribution in [0.2, 0.25) is 0 Å². The van der Waals surface area contributed by atoms with Crippen molar-refractivity contribution >= 4 is 11.7 Å². The molecule has 5 nitrogen and oxygen atoms in total. The lowest BCUT2D eigenvalue weighted by Gasteiger charge is -2.32. The van der Waals surface area contributed by atoms with Crippen molar-refractivity contribution in [2.24, 2.45) is 0 Å². The van der Waals surface area contributed by atoms with Crippen molar-refractivity contribution in [2.75, 3.05) is 11.4 Å². The molecule has 0 fully saturated rings. The number of hydrogen-bond donors (Lipinski definition) is 1. The summed E-state index contributed by atoms with van der Waals surface area (Å²) in [5, 5.41) is 8.87. The molecule has 8 heteroatoms. The minimum atomic E-state index is -2.99. The van der Waals surface area contributed by atoms with Crippen molar-refractivity contribution in [1.82, 2.24) is 4.98 Å². The second-order valence-corrected chi connectivity index (χ2v) is 7.58. The Labute approximate surface area is 183 Å². The number of carboxylic acid groups (broad SMARTS) is 1. The lowest BCUT2D eigenvalue weighted by atomic mass is 9.95. The molecule has 0 radical (unpaired) electrons. The largest absolute Gasteiger partial charge is 0.481 e. The first-order chi connectivity index (χ1) is 15.4. The van der Waals surface area contributed by atoms with Gasteiger partial charge in [0.25, 0.3) is 6.43 Å². The maximum absolute atomic E-state index is 15.0. The van der Waals surface area contributed by atoms with Crippen LogP contribution in [0, 0.1) is 5.82 Å². The Hall–Kier alpha value is -3.55. The van der Waals surface area contributed by atoms with Crippen LogP contribution in [0.1, 0.15) is 35.1 Å². The van der Waals surface area contributed by atoms with Crippen molar-refractivity contribution < 1.29 is 27.8 Å². The average molecular weight is 442 g/mol. The van der Waals surface area contributed by atoms with E-state index in [1.54, 1.807) is 23.1 Å². The minimum absolute atomic E-state index is 0.0503. The van der Waals surface area contributed by atoms with Gasteiger partial charge >= 0.3 is 5.97 Å². The van der Waals surface area contributed by atoms with Gasteiger partial charge in [-0.2, -0.15) is 0 Å². The highest BCUT2D eigenvalue weighted by atomic mass is 19.3. The Morgan fingerprint density at radius 1 is 1.16 bits per heavy atom. The monoisotopic (exact) mass is 442 g/mol. The lowest BCUT2D eigenvalue weighted by Crippen LogP contribution is -2.31. The predicted octanol–water partition coefficient (Wildman–Crippen LogP) is 5.53. The zero-order valence-corrected chi connectivity index (χ0v) is 17.1. The van der Waals surface area contributed by atoms with E-state index in [-0.39, 0.29) is 23.7 Å². The van der Waals surface area contributed by atoms with E-state index >= 15 is 0 Å². The van der Waals surface area contributed by atoms with Crippen molar-refractivity contribution in [3.05, 3.63) is 82.8 Å². The number of anilines is 1. The summed E-state index contributed by atoms with van der Waals surface area (Å²) in [5.74, 6) is -1.50. The number of carboxylic acids is 1. The molecule has 1 aliphatic rings. The van der Waals surface area contributed by atoms with Crippen LogP contribution >= 0.6 is 0 Å². The van der Waals surface area contributed by atoms with Gasteiger partial charge in [-0.05, 0) is 41.7 Å². The summed E-state index contributed by atoms with van der Waals surface area (Å²) >= 11 is 0. The lowest BCUT2D eigenvalue weighted by molar-refractivity contribution is -0.136. The summed E-state index contributed by atoms with van der Waals surface area (Å²) in [6.45, 7) is 0.781. The molecule has 32 heavy (non-hydrogen) atoms. The SMILES string of the molecule is O=C(O)CCc1ccc2c(c1)CCN(c1cc(Oc3ccccn3)cc(C(F)F)c1F)C2. The molecule has 1 aliphatic heterocycles. The van der Waals surface area contributed by atoms with Gasteiger partial charge in [0.1, 0.15) is 5.75 Å². The number of nitrogens with zero attached hydrogens (tertiary/aromatic N) is 2. The first-order valence-corrected chi connectivity index (χ1v) is 10.2. The fourth-order valence-electron chi connectivity index (χ4n) is 3.80. The maximum Gasteiger partial charge on any atom is 0.303 e. The number of hydrogen-bond acceptors (Lipinski definition) is 4. The number of aromatic nitrogens is 1. The molecule has 0 amide bonds. The number of rotatable bonds is 7. The molecule has 166 valence electrons. The quantitative estimate of drug-likeness (QED) is 0.521.